The van der Waals surface area contributed by atoms with Crippen LogP contribution in [0.15, 0.2) is 42.5 Å². The van der Waals surface area contributed by atoms with Gasteiger partial charge in [-0.2, -0.15) is 0 Å². The van der Waals surface area contributed by atoms with Crippen LogP contribution in [0, 0.1) is 18.7 Å². The molecule has 106 valence electrons. The lowest BCUT2D eigenvalue weighted by molar-refractivity contribution is 0.622. The number of aryl methyl sites for hydroxylation is 1. The van der Waals surface area contributed by atoms with Gasteiger partial charge in [-0.15, -0.1) is 0 Å². The fraction of sp³-hybridized carbons (Fsp3) is 0.333. The summed E-state index contributed by atoms with van der Waals surface area (Å²) in [6.07, 6.45) is 1.06. The highest BCUT2D eigenvalue weighted by atomic mass is 19.1. The molecule has 0 bridgehead atoms. The molecule has 0 aliphatic carbocycles. The zero-order valence-corrected chi connectivity index (χ0v) is 12.4. The Morgan fingerprint density at radius 3 is 2.30 bits per heavy atom. The van der Waals surface area contributed by atoms with Gasteiger partial charge in [0.1, 0.15) is 5.82 Å². The van der Waals surface area contributed by atoms with Gasteiger partial charge >= 0.3 is 0 Å². The summed E-state index contributed by atoms with van der Waals surface area (Å²) < 4.78 is 13.4. The van der Waals surface area contributed by atoms with Crippen molar-refractivity contribution in [3.05, 3.63) is 70.5 Å². The van der Waals surface area contributed by atoms with Crippen LogP contribution in [0.3, 0.4) is 0 Å². The average molecular weight is 271 g/mol. The Morgan fingerprint density at radius 1 is 1.05 bits per heavy atom. The lowest BCUT2D eigenvalue weighted by atomic mass is 9.94. The summed E-state index contributed by atoms with van der Waals surface area (Å²) in [6, 6.07) is 12.8. The van der Waals surface area contributed by atoms with Crippen molar-refractivity contribution in [2.45, 2.75) is 33.2 Å². The third kappa shape index (κ3) is 3.45. The first-order valence-electron chi connectivity index (χ1n) is 7.08. The largest absolute Gasteiger partial charge is 0.320 e. The zero-order valence-electron chi connectivity index (χ0n) is 12.4. The highest BCUT2D eigenvalue weighted by Gasteiger charge is 2.12. The standard InChI is InChI=1S/C18H22FN/c1-12(2)10-14-5-7-15(8-6-14)18(20)17-11-16(19)9-4-13(17)3/h4-9,11-12,18H,10,20H2,1-3H3. The van der Waals surface area contributed by atoms with Crippen molar-refractivity contribution >= 4 is 0 Å². The molecule has 2 rings (SSSR count). The lowest BCUT2D eigenvalue weighted by Crippen LogP contribution is -2.13. The Labute approximate surface area is 120 Å². The number of rotatable bonds is 4. The Hall–Kier alpha value is -1.67. The molecule has 0 saturated heterocycles. The molecular formula is C18H22FN. The molecule has 1 unspecified atom stereocenters. The monoisotopic (exact) mass is 271 g/mol. The molecule has 0 amide bonds. The summed E-state index contributed by atoms with van der Waals surface area (Å²) in [5, 5.41) is 0. The Bertz CT molecular complexity index is 572. The number of benzene rings is 2. The van der Waals surface area contributed by atoms with Crippen molar-refractivity contribution in [1.29, 1.82) is 0 Å². The van der Waals surface area contributed by atoms with Gasteiger partial charge in [-0.3, -0.25) is 0 Å². The van der Waals surface area contributed by atoms with E-state index in [4.69, 9.17) is 5.73 Å². The highest BCUT2D eigenvalue weighted by molar-refractivity contribution is 5.37. The second-order valence-corrected chi connectivity index (χ2v) is 5.82. The van der Waals surface area contributed by atoms with Crippen molar-refractivity contribution < 1.29 is 4.39 Å². The van der Waals surface area contributed by atoms with Gasteiger partial charge in [0, 0.05) is 0 Å². The molecule has 0 aromatic heterocycles. The van der Waals surface area contributed by atoms with E-state index in [1.807, 2.05) is 19.1 Å². The number of nitrogens with two attached hydrogens (primary N) is 1. The molecule has 0 aliphatic heterocycles. The van der Waals surface area contributed by atoms with Crippen LogP contribution in [0.5, 0.6) is 0 Å². The van der Waals surface area contributed by atoms with E-state index in [1.165, 1.54) is 17.7 Å². The van der Waals surface area contributed by atoms with E-state index in [0.29, 0.717) is 5.92 Å². The van der Waals surface area contributed by atoms with E-state index < -0.39 is 0 Å². The Morgan fingerprint density at radius 2 is 1.70 bits per heavy atom. The molecule has 1 nitrogen and oxygen atoms in total. The topological polar surface area (TPSA) is 26.0 Å². The van der Waals surface area contributed by atoms with Crippen molar-refractivity contribution in [2.24, 2.45) is 11.7 Å². The zero-order chi connectivity index (χ0) is 14.7. The molecule has 0 radical (unpaired) electrons. The van der Waals surface area contributed by atoms with Crippen LogP contribution in [0.1, 0.15) is 42.1 Å². The number of halogens is 1. The fourth-order valence-corrected chi connectivity index (χ4v) is 2.46. The molecule has 0 spiro atoms. The minimum Gasteiger partial charge on any atom is -0.320 e. The van der Waals surface area contributed by atoms with Gasteiger partial charge in [0.05, 0.1) is 6.04 Å². The van der Waals surface area contributed by atoms with Gasteiger partial charge in [0.15, 0.2) is 0 Å². The summed E-state index contributed by atoms with van der Waals surface area (Å²) in [4.78, 5) is 0. The summed E-state index contributed by atoms with van der Waals surface area (Å²) in [6.45, 7) is 6.37. The van der Waals surface area contributed by atoms with Gasteiger partial charge in [0.2, 0.25) is 0 Å². The maximum Gasteiger partial charge on any atom is 0.123 e. The van der Waals surface area contributed by atoms with Crippen molar-refractivity contribution in [2.75, 3.05) is 0 Å². The molecule has 2 heteroatoms. The minimum atomic E-state index is -0.279. The average Bonchev–Trinajstić information content (AvgIpc) is 2.41. The second-order valence-electron chi connectivity index (χ2n) is 5.82. The van der Waals surface area contributed by atoms with Gasteiger partial charge < -0.3 is 5.73 Å². The quantitative estimate of drug-likeness (QED) is 0.877. The molecule has 2 aromatic rings. The van der Waals surface area contributed by atoms with Crippen LogP contribution in [0.25, 0.3) is 0 Å². The third-order valence-corrected chi connectivity index (χ3v) is 3.56. The van der Waals surface area contributed by atoms with Gasteiger partial charge in [-0.05, 0) is 53.6 Å². The van der Waals surface area contributed by atoms with E-state index in [9.17, 15) is 4.39 Å². The SMILES string of the molecule is Cc1ccc(F)cc1C(N)c1ccc(CC(C)C)cc1. The Balaban J connectivity index is 2.24. The molecule has 0 saturated carbocycles. The van der Waals surface area contributed by atoms with Crippen LogP contribution >= 0.6 is 0 Å². The van der Waals surface area contributed by atoms with E-state index in [1.54, 1.807) is 6.07 Å². The van der Waals surface area contributed by atoms with Gasteiger partial charge in [-0.25, -0.2) is 4.39 Å². The summed E-state index contributed by atoms with van der Waals surface area (Å²) in [5.74, 6) is 0.400. The molecular weight excluding hydrogens is 249 g/mol. The van der Waals surface area contributed by atoms with Crippen LogP contribution in [0.4, 0.5) is 4.39 Å². The molecule has 0 heterocycles. The second kappa shape index (κ2) is 6.19. The molecule has 1 atom stereocenters. The maximum absolute atomic E-state index is 13.4. The first-order valence-corrected chi connectivity index (χ1v) is 7.08. The van der Waals surface area contributed by atoms with Crippen molar-refractivity contribution in [3.63, 3.8) is 0 Å². The van der Waals surface area contributed by atoms with E-state index in [2.05, 4.69) is 26.0 Å². The van der Waals surface area contributed by atoms with Crippen LogP contribution in [0.2, 0.25) is 0 Å². The number of hydrogen-bond donors (Lipinski definition) is 1. The minimum absolute atomic E-state index is 0.238. The van der Waals surface area contributed by atoms with Crippen molar-refractivity contribution in [3.8, 4) is 0 Å². The smallest absolute Gasteiger partial charge is 0.123 e. The molecule has 0 aliphatic rings. The molecule has 2 N–H and O–H groups in total. The van der Waals surface area contributed by atoms with Crippen LogP contribution < -0.4 is 5.73 Å². The van der Waals surface area contributed by atoms with Gasteiger partial charge in [0.25, 0.3) is 0 Å². The Kier molecular flexibility index (Phi) is 4.56. The van der Waals surface area contributed by atoms with E-state index in [0.717, 1.165) is 23.1 Å². The van der Waals surface area contributed by atoms with E-state index >= 15 is 0 Å². The molecule has 20 heavy (non-hydrogen) atoms. The summed E-state index contributed by atoms with van der Waals surface area (Å²) >= 11 is 0. The summed E-state index contributed by atoms with van der Waals surface area (Å²) in [5.41, 5.74) is 10.5. The normalized spacial score (nSPS) is 12.7. The molecule has 2 aromatic carbocycles. The predicted octanol–water partition coefficient (Wildman–Crippen LogP) is 4.38. The number of hydrogen-bond acceptors (Lipinski definition) is 1. The first kappa shape index (κ1) is 14.7. The van der Waals surface area contributed by atoms with Crippen LogP contribution in [-0.4, -0.2) is 0 Å². The fourth-order valence-electron chi connectivity index (χ4n) is 2.46. The lowest BCUT2D eigenvalue weighted by Gasteiger charge is -2.16. The summed E-state index contributed by atoms with van der Waals surface area (Å²) in [7, 11) is 0. The molecule has 0 fully saturated rings. The third-order valence-electron chi connectivity index (χ3n) is 3.56. The van der Waals surface area contributed by atoms with Crippen LogP contribution in [-0.2, 0) is 6.42 Å². The predicted molar refractivity (Wildman–Crippen MR) is 82.2 cm³/mol. The highest BCUT2D eigenvalue weighted by Crippen LogP contribution is 2.24. The van der Waals surface area contributed by atoms with E-state index in [-0.39, 0.29) is 11.9 Å². The van der Waals surface area contributed by atoms with Crippen molar-refractivity contribution in [1.82, 2.24) is 0 Å². The first-order chi connectivity index (χ1) is 9.47. The van der Waals surface area contributed by atoms with Gasteiger partial charge in [-0.1, -0.05) is 44.2 Å². The maximum atomic E-state index is 13.4.